The van der Waals surface area contributed by atoms with E-state index >= 15 is 18.1 Å². The van der Waals surface area contributed by atoms with Crippen LogP contribution in [-0.2, 0) is 34.3 Å². The molecule has 0 spiro atoms. The summed E-state index contributed by atoms with van der Waals surface area (Å²) in [5.41, 5.74) is 0.0587. The molecule has 0 bridgehead atoms. The Labute approximate surface area is 391 Å². The van der Waals surface area contributed by atoms with Crippen LogP contribution in [0.1, 0.15) is 72.8 Å². The predicted octanol–water partition coefficient (Wildman–Crippen LogP) is 9.07. The van der Waals surface area contributed by atoms with Gasteiger partial charge in [-0.2, -0.15) is 0 Å². The summed E-state index contributed by atoms with van der Waals surface area (Å²) in [4.78, 5) is 54.1. The highest BCUT2D eigenvalue weighted by Crippen LogP contribution is 2.74. The molecule has 3 N–H and O–H groups in total. The Balaban J connectivity index is 1.29. The molecule has 15 nitrogen and oxygen atoms in total. The van der Waals surface area contributed by atoms with Gasteiger partial charge in [0.05, 0.1) is 44.2 Å². The van der Waals surface area contributed by atoms with Crippen molar-refractivity contribution in [2.45, 2.75) is 108 Å². The van der Waals surface area contributed by atoms with E-state index in [4.69, 9.17) is 45.0 Å². The minimum Gasteiger partial charge on any atom is -0.495 e. The number of methoxy groups -OCH3 is 1. The molecule has 2 aliphatic heterocycles. The molecule has 1 saturated heterocycles. The van der Waals surface area contributed by atoms with Crippen LogP contribution in [0.2, 0.25) is 5.02 Å². The zero-order valence-corrected chi connectivity index (χ0v) is 40.4. The monoisotopic (exact) mass is 972 g/mol. The number of alkyl carbamates (subject to hydrolysis) is 1. The standard InChI is InChI=1S/C46H56ClF2N6O9PS/c1-8-62-65(59,24-30-31(48)12-11-13-32(30)49)46-22-27(46)17-19-61-18-10-9-14-33(53-44(58)64-45(4,5)6)42(57)55-23-28(20-36(55)41(56)54-46)63-38-21-34(35-25-66-43(52-35)50-26(2)3)51-40-29(38)15-16-37(60-7)39(40)47/h9-13,15-16,21,25-28,33,36H,8,14,17-20,22-24H2,1-7H3,(H,50,52)(H,53,58)(H,54,56)/b10-9+/t27-,28-,33+,36+,46+,65?/m1/s1. The number of nitrogens with zero attached hydrogens (tertiary/aromatic N) is 3. The van der Waals surface area contributed by atoms with Crippen LogP contribution in [0, 0.1) is 17.6 Å². The summed E-state index contributed by atoms with van der Waals surface area (Å²) in [5.74, 6) is -2.84. The van der Waals surface area contributed by atoms with Crippen molar-refractivity contribution in [3.63, 3.8) is 0 Å². The molecule has 7 rings (SSSR count). The molecule has 6 atom stereocenters. The molecule has 356 valence electrons. The molecule has 20 heteroatoms. The molecule has 3 aliphatic rings. The molecule has 2 aromatic heterocycles. The lowest BCUT2D eigenvalue weighted by Gasteiger charge is -2.33. The highest BCUT2D eigenvalue weighted by molar-refractivity contribution is 7.60. The Bertz CT molecular complexity index is 2520. The van der Waals surface area contributed by atoms with Gasteiger partial charge >= 0.3 is 6.09 Å². The number of halogens is 3. The Hall–Kier alpha value is -4.87. The van der Waals surface area contributed by atoms with Crippen molar-refractivity contribution >= 4 is 64.2 Å². The quantitative estimate of drug-likeness (QED) is 0.0907. The first-order valence-electron chi connectivity index (χ1n) is 21.9. The number of benzene rings is 2. The molecular formula is C46H56ClF2N6O9PS. The number of carbonyl (C=O) groups is 3. The number of carbonyl (C=O) groups excluding carboxylic acids is 3. The Morgan fingerprint density at radius 3 is 2.58 bits per heavy atom. The van der Waals surface area contributed by atoms with Gasteiger partial charge in [-0.15, -0.1) is 11.3 Å². The Morgan fingerprint density at radius 2 is 1.88 bits per heavy atom. The van der Waals surface area contributed by atoms with Crippen molar-refractivity contribution in [3.05, 3.63) is 76.2 Å². The number of fused-ring (bicyclic) bond motifs is 3. The highest BCUT2D eigenvalue weighted by Gasteiger charge is 2.67. The number of amides is 3. The van der Waals surface area contributed by atoms with Crippen LogP contribution in [0.4, 0.5) is 18.7 Å². The maximum atomic E-state index is 15.3. The minimum atomic E-state index is -4.16. The number of thiazole rings is 1. The first-order valence-corrected chi connectivity index (χ1v) is 25.0. The van der Waals surface area contributed by atoms with E-state index in [2.05, 4.69) is 16.0 Å². The molecule has 0 radical (unpaired) electrons. The van der Waals surface area contributed by atoms with Crippen molar-refractivity contribution < 1.29 is 51.2 Å². The van der Waals surface area contributed by atoms with Gasteiger partial charge in [0.2, 0.25) is 19.2 Å². The van der Waals surface area contributed by atoms with E-state index in [-0.39, 0.29) is 56.7 Å². The fourth-order valence-electron chi connectivity index (χ4n) is 8.41. The highest BCUT2D eigenvalue weighted by atomic mass is 35.5. The second-order valence-corrected chi connectivity index (χ2v) is 21.8. The zero-order valence-electron chi connectivity index (χ0n) is 38.0. The second kappa shape index (κ2) is 20.2. The first kappa shape index (κ1) is 49.0. The van der Waals surface area contributed by atoms with Crippen molar-refractivity contribution in [3.8, 4) is 22.9 Å². The third-order valence-corrected chi connectivity index (χ3v) is 15.9. The maximum Gasteiger partial charge on any atom is 0.408 e. The van der Waals surface area contributed by atoms with Gasteiger partial charge in [0.15, 0.2) is 5.13 Å². The fraction of sp³-hybridized carbons (Fsp3) is 0.500. The van der Waals surface area contributed by atoms with Gasteiger partial charge in [-0.1, -0.05) is 29.8 Å². The molecule has 1 saturated carbocycles. The van der Waals surface area contributed by atoms with Crippen LogP contribution >= 0.6 is 30.3 Å². The minimum absolute atomic E-state index is 0.0259. The Morgan fingerprint density at radius 1 is 1.12 bits per heavy atom. The van der Waals surface area contributed by atoms with Crippen molar-refractivity contribution in [2.24, 2.45) is 5.92 Å². The number of pyridine rings is 1. The van der Waals surface area contributed by atoms with Gasteiger partial charge in [-0.25, -0.2) is 23.5 Å². The van der Waals surface area contributed by atoms with Gasteiger partial charge in [0, 0.05) is 41.5 Å². The molecule has 2 fully saturated rings. The summed E-state index contributed by atoms with van der Waals surface area (Å²) in [6.07, 6.45) is 1.59. The lowest BCUT2D eigenvalue weighted by molar-refractivity contribution is -0.140. The summed E-state index contributed by atoms with van der Waals surface area (Å²) >= 11 is 8.28. The molecule has 4 heterocycles. The van der Waals surface area contributed by atoms with E-state index in [0.717, 1.165) is 12.1 Å². The topological polar surface area (TPSA) is 180 Å². The molecule has 2 aromatic carbocycles. The number of hydrogen-bond acceptors (Lipinski definition) is 13. The normalized spacial score (nSPS) is 24.0. The second-order valence-electron chi connectivity index (χ2n) is 17.8. The molecule has 4 aromatic rings. The van der Waals surface area contributed by atoms with Gasteiger partial charge < -0.3 is 44.3 Å². The van der Waals surface area contributed by atoms with E-state index in [1.165, 1.54) is 29.4 Å². The molecular weight excluding hydrogens is 917 g/mol. The van der Waals surface area contributed by atoms with Crippen molar-refractivity contribution in [1.82, 2.24) is 25.5 Å². The Kier molecular flexibility index (Phi) is 15.0. The first-order chi connectivity index (χ1) is 31.3. The molecule has 1 unspecified atom stereocenters. The van der Waals surface area contributed by atoms with Crippen LogP contribution in [-0.4, -0.2) is 101 Å². The van der Waals surface area contributed by atoms with Gasteiger partial charge in [-0.3, -0.25) is 14.2 Å². The maximum absolute atomic E-state index is 15.3. The number of ether oxygens (including phenoxy) is 4. The molecule has 1 aliphatic carbocycles. The van der Waals surface area contributed by atoms with Gasteiger partial charge in [0.25, 0.3) is 0 Å². The van der Waals surface area contributed by atoms with Gasteiger partial charge in [0.1, 0.15) is 62.9 Å². The van der Waals surface area contributed by atoms with E-state index in [1.54, 1.807) is 58.0 Å². The number of hydrogen-bond donors (Lipinski definition) is 3. The summed E-state index contributed by atoms with van der Waals surface area (Å²) in [6.45, 7) is 10.9. The number of rotatable bonds is 12. The third-order valence-electron chi connectivity index (χ3n) is 11.5. The van der Waals surface area contributed by atoms with Crippen LogP contribution < -0.4 is 25.4 Å². The third kappa shape index (κ3) is 10.8. The predicted molar refractivity (Wildman–Crippen MR) is 248 cm³/mol. The number of aromatic nitrogens is 2. The fourth-order valence-corrected chi connectivity index (χ4v) is 12.8. The molecule has 3 amide bonds. The van der Waals surface area contributed by atoms with Crippen molar-refractivity contribution in [2.75, 3.05) is 38.8 Å². The van der Waals surface area contributed by atoms with Crippen LogP contribution in [0.5, 0.6) is 11.5 Å². The van der Waals surface area contributed by atoms with Crippen LogP contribution in [0.15, 0.2) is 53.9 Å². The van der Waals surface area contributed by atoms with E-state index in [1.807, 2.05) is 19.2 Å². The average Bonchev–Trinajstić information content (AvgIpc) is 3.51. The lowest BCUT2D eigenvalue weighted by Crippen LogP contribution is -2.55. The van der Waals surface area contributed by atoms with E-state index in [0.29, 0.717) is 45.3 Å². The molecule has 66 heavy (non-hydrogen) atoms. The SMILES string of the molecule is CCOP(=O)(Cc1c(F)cccc1F)[C@@]12C[C@H]1CCOC/C=C/C[C@H](NC(=O)OC(C)(C)C)C(=O)N1C[C@H](Oc3cc(-c4csc(NC(C)C)n4)nc4c(Cl)c(OC)ccc34)C[C@H]1C(=O)N2. The number of nitrogens with one attached hydrogen (secondary N) is 3. The average molecular weight is 973 g/mol. The summed E-state index contributed by atoms with van der Waals surface area (Å²) in [6, 6.07) is 6.22. The summed E-state index contributed by atoms with van der Waals surface area (Å²) < 4.78 is 75.4. The number of anilines is 1. The smallest absolute Gasteiger partial charge is 0.408 e. The largest absolute Gasteiger partial charge is 0.495 e. The van der Waals surface area contributed by atoms with Crippen LogP contribution in [0.3, 0.4) is 0 Å². The van der Waals surface area contributed by atoms with E-state index in [9.17, 15) is 9.59 Å². The van der Waals surface area contributed by atoms with Gasteiger partial charge in [-0.05, 0) is 91.0 Å². The lowest BCUT2D eigenvalue weighted by atomic mass is 10.1. The zero-order chi connectivity index (χ0) is 47.6. The van der Waals surface area contributed by atoms with Crippen LogP contribution in [0.25, 0.3) is 22.3 Å². The summed E-state index contributed by atoms with van der Waals surface area (Å²) in [5, 5.41) is 10.8. The van der Waals surface area contributed by atoms with Crippen molar-refractivity contribution in [1.29, 1.82) is 0 Å². The van der Waals surface area contributed by atoms with E-state index < -0.39 is 83.6 Å². The summed E-state index contributed by atoms with van der Waals surface area (Å²) in [7, 11) is -2.67.